The number of hydrogen-bond donors (Lipinski definition) is 1. The van der Waals surface area contributed by atoms with Gasteiger partial charge in [0.1, 0.15) is 17.2 Å². The second-order valence-corrected chi connectivity index (χ2v) is 14.6. The quantitative estimate of drug-likeness (QED) is 0.228. The number of ether oxygens (including phenoxy) is 1. The molecule has 1 aliphatic heterocycles. The van der Waals surface area contributed by atoms with Gasteiger partial charge in [-0.05, 0) is 93.0 Å². The summed E-state index contributed by atoms with van der Waals surface area (Å²) in [4.78, 5) is 22.4. The summed E-state index contributed by atoms with van der Waals surface area (Å²) in [6, 6.07) is 10.6. The first-order valence-electron chi connectivity index (χ1n) is 15.0. The van der Waals surface area contributed by atoms with Gasteiger partial charge in [-0.1, -0.05) is 43.2 Å². The fourth-order valence-electron chi connectivity index (χ4n) is 7.09. The third-order valence-electron chi connectivity index (χ3n) is 9.00. The number of carbonyl (C=O) groups excluding carboxylic acids is 1. The van der Waals surface area contributed by atoms with Crippen LogP contribution in [0.1, 0.15) is 88.7 Å². The predicted octanol–water partition coefficient (Wildman–Crippen LogP) is 7.80. The third-order valence-corrected chi connectivity index (χ3v) is 9.97. The summed E-state index contributed by atoms with van der Waals surface area (Å²) in [5.41, 5.74) is -1.61. The average molecular weight is 632 g/mol. The maximum absolute atomic E-state index is 13.2. The molecule has 2 heterocycles. The van der Waals surface area contributed by atoms with Crippen molar-refractivity contribution in [2.45, 2.75) is 94.7 Å². The highest BCUT2D eigenvalue weighted by molar-refractivity contribution is 7.88. The first kappa shape index (κ1) is 30.5. The molecule has 2 fully saturated rings. The van der Waals surface area contributed by atoms with Gasteiger partial charge >= 0.3 is 21.7 Å². The van der Waals surface area contributed by atoms with E-state index in [2.05, 4.69) is 9.97 Å². The Morgan fingerprint density at radius 2 is 1.68 bits per heavy atom. The molecule has 0 bridgehead atoms. The average Bonchev–Trinajstić information content (AvgIpc) is 3.75. The highest BCUT2D eigenvalue weighted by atomic mass is 32.2. The topological polar surface area (TPSA) is 102 Å². The van der Waals surface area contributed by atoms with Crippen molar-refractivity contribution >= 4 is 16.2 Å². The van der Waals surface area contributed by atoms with Crippen LogP contribution in [0, 0.1) is 0 Å². The molecule has 8 nitrogen and oxygen atoms in total. The summed E-state index contributed by atoms with van der Waals surface area (Å²) in [5, 5.41) is 0. The predicted molar refractivity (Wildman–Crippen MR) is 158 cm³/mol. The van der Waals surface area contributed by atoms with Gasteiger partial charge < -0.3 is 13.9 Å². The van der Waals surface area contributed by atoms with Crippen LogP contribution in [0.5, 0.6) is 5.75 Å². The van der Waals surface area contributed by atoms with E-state index >= 15 is 0 Å². The number of carbonyl (C=O) groups is 1. The van der Waals surface area contributed by atoms with Crippen LogP contribution < -0.4 is 4.18 Å². The lowest BCUT2D eigenvalue weighted by Gasteiger charge is -2.27. The van der Waals surface area contributed by atoms with Crippen LogP contribution in [-0.4, -0.2) is 47.0 Å². The fourth-order valence-corrected chi connectivity index (χ4v) is 7.56. The number of nitrogens with zero attached hydrogens (tertiary/aromatic N) is 2. The minimum absolute atomic E-state index is 0.203. The fraction of sp³-hybridized carbons (Fsp3) is 0.500. The van der Waals surface area contributed by atoms with Crippen molar-refractivity contribution in [3.63, 3.8) is 0 Å². The number of amides is 1. The molecule has 1 atom stereocenters. The van der Waals surface area contributed by atoms with Gasteiger partial charge in [0.25, 0.3) is 0 Å². The van der Waals surface area contributed by atoms with E-state index in [1.54, 1.807) is 17.2 Å². The van der Waals surface area contributed by atoms with Gasteiger partial charge in [0.05, 0.1) is 17.9 Å². The Morgan fingerprint density at radius 1 is 1.00 bits per heavy atom. The molecular weight excluding hydrogens is 595 g/mol. The highest BCUT2D eigenvalue weighted by Gasteiger charge is 2.51. The highest BCUT2D eigenvalue weighted by Crippen LogP contribution is 2.55. The number of aromatic nitrogens is 2. The van der Waals surface area contributed by atoms with Gasteiger partial charge in [0.2, 0.25) is 0 Å². The molecule has 1 saturated carbocycles. The van der Waals surface area contributed by atoms with E-state index in [4.69, 9.17) is 8.92 Å². The number of H-pyrrole nitrogens is 1. The molecule has 12 heteroatoms. The van der Waals surface area contributed by atoms with Crippen molar-refractivity contribution in [1.82, 2.24) is 14.9 Å². The first-order chi connectivity index (χ1) is 20.7. The molecule has 2 aliphatic carbocycles. The van der Waals surface area contributed by atoms with Crippen LogP contribution in [0.2, 0.25) is 0 Å². The minimum atomic E-state index is -5.79. The summed E-state index contributed by atoms with van der Waals surface area (Å²) in [5.74, 6) is 0.478. The van der Waals surface area contributed by atoms with E-state index in [0.717, 1.165) is 72.9 Å². The maximum Gasteiger partial charge on any atom is 0.534 e. The molecule has 3 aromatic rings. The van der Waals surface area contributed by atoms with Crippen LogP contribution in [-0.2, 0) is 26.7 Å². The van der Waals surface area contributed by atoms with Crippen LogP contribution in [0.4, 0.5) is 18.0 Å². The number of alkyl halides is 3. The van der Waals surface area contributed by atoms with Gasteiger partial charge in [-0.3, -0.25) is 4.90 Å². The smallest absolute Gasteiger partial charge is 0.444 e. The Bertz CT molecular complexity index is 1670. The van der Waals surface area contributed by atoms with Crippen molar-refractivity contribution in [2.75, 3.05) is 6.54 Å². The summed E-state index contributed by atoms with van der Waals surface area (Å²) < 4.78 is 73.9. The molecular formula is C32H36F3N3O5S. The zero-order valence-electron chi connectivity index (χ0n) is 25.0. The Kier molecular flexibility index (Phi) is 7.49. The molecule has 0 radical (unpaired) electrons. The molecule has 6 rings (SSSR count). The number of halogens is 3. The lowest BCUT2D eigenvalue weighted by molar-refractivity contribution is -0.0500. The molecule has 1 saturated heterocycles. The van der Waals surface area contributed by atoms with Gasteiger partial charge in [-0.25, -0.2) is 9.78 Å². The van der Waals surface area contributed by atoms with E-state index in [9.17, 15) is 26.4 Å². The zero-order valence-corrected chi connectivity index (χ0v) is 25.8. The number of nitrogens with one attached hydrogen (secondary N) is 1. The SMILES string of the molecule is CC(C)(C)OC(=O)N1CCC[C@H]1c1ncc(-c2ccc(-c3ccc(OS(=O)(=O)C(F)(F)F)c4c3CCC43CCCC3)cc2)[nH]1. The molecule has 0 unspecified atom stereocenters. The Balaban J connectivity index is 1.28. The maximum atomic E-state index is 13.2. The molecule has 1 N–H and O–H groups in total. The normalized spacial score (nSPS) is 19.9. The van der Waals surface area contributed by atoms with E-state index in [0.29, 0.717) is 24.4 Å². The van der Waals surface area contributed by atoms with Crippen LogP contribution >= 0.6 is 0 Å². The Morgan fingerprint density at radius 3 is 2.34 bits per heavy atom. The monoisotopic (exact) mass is 631 g/mol. The number of hydrogen-bond acceptors (Lipinski definition) is 6. The number of imidazole rings is 1. The number of aromatic amines is 1. The molecule has 1 spiro atoms. The van der Waals surface area contributed by atoms with Gasteiger partial charge in [0.15, 0.2) is 0 Å². The van der Waals surface area contributed by atoms with Crippen molar-refractivity contribution in [1.29, 1.82) is 0 Å². The van der Waals surface area contributed by atoms with Gasteiger partial charge in [-0.2, -0.15) is 21.6 Å². The van der Waals surface area contributed by atoms with Crippen molar-refractivity contribution < 1.29 is 35.3 Å². The summed E-state index contributed by atoms with van der Waals surface area (Å²) in [7, 11) is -5.79. The number of benzene rings is 2. The second-order valence-electron chi connectivity index (χ2n) is 13.0. The molecule has 44 heavy (non-hydrogen) atoms. The van der Waals surface area contributed by atoms with Crippen LogP contribution in [0.3, 0.4) is 0 Å². The minimum Gasteiger partial charge on any atom is -0.444 e. The third kappa shape index (κ3) is 5.57. The summed E-state index contributed by atoms with van der Waals surface area (Å²) in [6.07, 6.45) is 7.85. The standard InChI is InChI=1S/C32H36F3N3O5S/c1-30(2,3)42-29(39)38-18-6-7-25(38)28-36-19-24(37-28)21-10-8-20(9-11-21)22-12-13-26(43-44(40,41)32(33,34)35)27-23(22)14-17-31(27)15-4-5-16-31/h8-13,19,25H,4-7,14-18H2,1-3H3,(H,36,37)/t25-/m0/s1. The molecule has 236 valence electrons. The second kappa shape index (κ2) is 10.8. The van der Waals surface area contributed by atoms with E-state index in [1.807, 2.05) is 45.0 Å². The molecule has 3 aliphatic rings. The largest absolute Gasteiger partial charge is 0.534 e. The van der Waals surface area contributed by atoms with Crippen molar-refractivity contribution in [3.8, 4) is 28.1 Å². The van der Waals surface area contributed by atoms with Gasteiger partial charge in [-0.15, -0.1) is 0 Å². The van der Waals surface area contributed by atoms with Crippen LogP contribution in [0.25, 0.3) is 22.4 Å². The first-order valence-corrected chi connectivity index (χ1v) is 16.4. The number of fused-ring (bicyclic) bond motifs is 2. The molecule has 2 aromatic carbocycles. The zero-order chi connectivity index (χ0) is 31.5. The lowest BCUT2D eigenvalue weighted by Crippen LogP contribution is -2.36. The van der Waals surface area contributed by atoms with E-state index < -0.39 is 21.2 Å². The van der Waals surface area contributed by atoms with Gasteiger partial charge in [0, 0.05) is 12.1 Å². The Hall–Kier alpha value is -3.54. The lowest BCUT2D eigenvalue weighted by atomic mass is 9.79. The Labute approximate surface area is 255 Å². The van der Waals surface area contributed by atoms with Crippen molar-refractivity contribution in [2.24, 2.45) is 0 Å². The molecule has 1 amide bonds. The summed E-state index contributed by atoms with van der Waals surface area (Å²) in [6.45, 7) is 6.12. The van der Waals surface area contributed by atoms with Crippen LogP contribution in [0.15, 0.2) is 42.6 Å². The number of likely N-dealkylation sites (tertiary alicyclic amines) is 1. The summed E-state index contributed by atoms with van der Waals surface area (Å²) >= 11 is 0. The van der Waals surface area contributed by atoms with E-state index in [1.165, 1.54) is 6.07 Å². The van der Waals surface area contributed by atoms with E-state index in [-0.39, 0.29) is 23.3 Å². The van der Waals surface area contributed by atoms with Crippen molar-refractivity contribution in [3.05, 3.63) is 59.5 Å². The molecule has 1 aromatic heterocycles. The number of rotatable bonds is 5.